The monoisotopic (exact) mass is 282 g/mol. The summed E-state index contributed by atoms with van der Waals surface area (Å²) in [5.41, 5.74) is 0.126. The number of aliphatic hydroxyl groups excluding tert-OH is 1. The highest BCUT2D eigenvalue weighted by molar-refractivity contribution is 5.94. The molecule has 0 spiro atoms. The zero-order valence-corrected chi connectivity index (χ0v) is 12.1. The maximum atomic E-state index is 12.2. The van der Waals surface area contributed by atoms with Crippen LogP contribution in [-0.4, -0.2) is 60.4 Å². The maximum absolute atomic E-state index is 12.2. The van der Waals surface area contributed by atoms with E-state index in [-0.39, 0.29) is 18.6 Å². The molecule has 1 amide bonds. The van der Waals surface area contributed by atoms with Crippen LogP contribution in [0.2, 0.25) is 0 Å². The first-order chi connectivity index (χ1) is 9.44. The number of nitrogens with zero attached hydrogens (tertiary/aromatic N) is 2. The Morgan fingerprint density at radius 1 is 1.70 bits per heavy atom. The Balaban J connectivity index is 2.01. The van der Waals surface area contributed by atoms with Gasteiger partial charge in [0.2, 0.25) is 11.8 Å². The van der Waals surface area contributed by atoms with Crippen LogP contribution in [-0.2, 0) is 10.2 Å². The zero-order chi connectivity index (χ0) is 14.8. The third kappa shape index (κ3) is 3.17. The van der Waals surface area contributed by atoms with Crippen LogP contribution < -0.4 is 10.6 Å². The van der Waals surface area contributed by atoms with Crippen molar-refractivity contribution >= 4 is 11.8 Å². The number of rotatable bonds is 4. The molecule has 0 radical (unpaired) electrons. The van der Waals surface area contributed by atoms with Crippen molar-refractivity contribution in [1.29, 1.82) is 0 Å². The molecule has 1 atom stereocenters. The molecule has 20 heavy (non-hydrogen) atoms. The molecule has 7 nitrogen and oxygen atoms in total. The first kappa shape index (κ1) is 15.0. The largest absolute Gasteiger partial charge is 0.395 e. The number of carbonyl (C=O) groups is 1. The van der Waals surface area contributed by atoms with E-state index in [4.69, 9.17) is 4.52 Å². The van der Waals surface area contributed by atoms with E-state index in [1.807, 2.05) is 25.8 Å². The number of nitrogens with one attached hydrogen (secondary N) is 2. The Morgan fingerprint density at radius 3 is 3.10 bits per heavy atom. The number of piperazine rings is 1. The average Bonchev–Trinajstić information content (AvgIpc) is 2.88. The molecular weight excluding hydrogens is 260 g/mol. The van der Waals surface area contributed by atoms with Gasteiger partial charge in [-0.05, 0) is 7.05 Å². The molecule has 2 rings (SSSR count). The van der Waals surface area contributed by atoms with Gasteiger partial charge in [0.05, 0.1) is 12.3 Å². The Hall–Kier alpha value is -1.44. The van der Waals surface area contributed by atoms with Gasteiger partial charge in [-0.25, -0.2) is 0 Å². The first-order valence-electron chi connectivity index (χ1n) is 6.74. The number of aliphatic hydroxyl groups is 1. The number of amides is 1. The van der Waals surface area contributed by atoms with E-state index in [1.54, 1.807) is 6.07 Å². The minimum atomic E-state index is -0.490. The molecule has 0 aromatic carbocycles. The van der Waals surface area contributed by atoms with Crippen molar-refractivity contribution in [2.24, 2.45) is 0 Å². The Morgan fingerprint density at radius 2 is 2.45 bits per heavy atom. The molecule has 0 aliphatic carbocycles. The van der Waals surface area contributed by atoms with E-state index in [0.717, 1.165) is 13.1 Å². The van der Waals surface area contributed by atoms with Gasteiger partial charge in [-0.15, -0.1) is 0 Å². The molecule has 3 N–H and O–H groups in total. The number of aromatic nitrogens is 1. The molecular formula is C13H22N4O3. The van der Waals surface area contributed by atoms with E-state index in [9.17, 15) is 9.90 Å². The van der Waals surface area contributed by atoms with Crippen molar-refractivity contribution in [3.8, 4) is 0 Å². The molecule has 7 heteroatoms. The van der Waals surface area contributed by atoms with Crippen LogP contribution in [0, 0.1) is 0 Å². The lowest BCUT2D eigenvalue weighted by Crippen LogP contribution is -2.54. The summed E-state index contributed by atoms with van der Waals surface area (Å²) in [4.78, 5) is 14.2. The number of likely N-dealkylation sites (N-methyl/N-ethyl adjacent to an activating group) is 1. The quantitative estimate of drug-likeness (QED) is 0.708. The number of carbonyl (C=O) groups excluding carboxylic acids is 1. The lowest BCUT2D eigenvalue weighted by atomic mass is 9.91. The predicted octanol–water partition coefficient (Wildman–Crippen LogP) is -0.213. The van der Waals surface area contributed by atoms with Gasteiger partial charge < -0.3 is 14.9 Å². The topological polar surface area (TPSA) is 90.6 Å². The molecule has 112 valence electrons. The van der Waals surface area contributed by atoms with E-state index >= 15 is 0 Å². The molecule has 1 saturated heterocycles. The van der Waals surface area contributed by atoms with Gasteiger partial charge in [0, 0.05) is 31.1 Å². The van der Waals surface area contributed by atoms with Gasteiger partial charge in [0.25, 0.3) is 0 Å². The Labute approximate surface area is 118 Å². The van der Waals surface area contributed by atoms with Crippen LogP contribution >= 0.6 is 0 Å². The van der Waals surface area contributed by atoms with Crippen molar-refractivity contribution in [2.45, 2.75) is 25.3 Å². The Kier molecular flexibility index (Phi) is 4.42. The third-order valence-corrected chi connectivity index (χ3v) is 3.66. The van der Waals surface area contributed by atoms with Crippen LogP contribution in [0.25, 0.3) is 0 Å². The minimum absolute atomic E-state index is 0.0395. The fraction of sp³-hybridized carbons (Fsp3) is 0.692. The molecule has 1 fully saturated rings. The van der Waals surface area contributed by atoms with Crippen molar-refractivity contribution in [2.75, 3.05) is 38.6 Å². The summed E-state index contributed by atoms with van der Waals surface area (Å²) in [5.74, 6) is 0.190. The minimum Gasteiger partial charge on any atom is -0.395 e. The van der Waals surface area contributed by atoms with Gasteiger partial charge in [0.15, 0.2) is 0 Å². The average molecular weight is 282 g/mol. The van der Waals surface area contributed by atoms with E-state index in [2.05, 4.69) is 15.8 Å². The highest BCUT2D eigenvalue weighted by Gasteiger charge is 2.28. The van der Waals surface area contributed by atoms with Crippen molar-refractivity contribution in [3.05, 3.63) is 11.8 Å². The molecule has 1 aliphatic heterocycles. The van der Waals surface area contributed by atoms with Crippen LogP contribution in [0.4, 0.5) is 5.88 Å². The summed E-state index contributed by atoms with van der Waals surface area (Å²) in [5, 5.41) is 19.1. The van der Waals surface area contributed by atoms with Crippen molar-refractivity contribution < 1.29 is 14.4 Å². The van der Waals surface area contributed by atoms with E-state index < -0.39 is 5.41 Å². The summed E-state index contributed by atoms with van der Waals surface area (Å²) in [6.45, 7) is 6.01. The fourth-order valence-corrected chi connectivity index (χ4v) is 2.04. The second kappa shape index (κ2) is 5.90. The summed E-state index contributed by atoms with van der Waals surface area (Å²) < 4.78 is 5.12. The lowest BCUT2D eigenvalue weighted by molar-refractivity contribution is -0.121. The van der Waals surface area contributed by atoms with Gasteiger partial charge >= 0.3 is 0 Å². The fourth-order valence-electron chi connectivity index (χ4n) is 2.04. The molecule has 1 aromatic rings. The molecule has 1 unspecified atom stereocenters. The summed E-state index contributed by atoms with van der Waals surface area (Å²) >= 11 is 0. The zero-order valence-electron chi connectivity index (χ0n) is 12.1. The molecule has 2 heterocycles. The van der Waals surface area contributed by atoms with Crippen LogP contribution in [0.1, 0.15) is 19.5 Å². The molecule has 1 aliphatic rings. The lowest BCUT2D eigenvalue weighted by Gasteiger charge is -2.31. The highest BCUT2D eigenvalue weighted by Crippen LogP contribution is 2.24. The summed E-state index contributed by atoms with van der Waals surface area (Å²) in [6, 6.07) is 1.44. The van der Waals surface area contributed by atoms with Gasteiger partial charge in [-0.1, -0.05) is 19.0 Å². The van der Waals surface area contributed by atoms with Crippen molar-refractivity contribution in [1.82, 2.24) is 15.4 Å². The van der Waals surface area contributed by atoms with Gasteiger partial charge in [-0.2, -0.15) is 0 Å². The van der Waals surface area contributed by atoms with Crippen LogP contribution in [0.5, 0.6) is 0 Å². The second-order valence-corrected chi connectivity index (χ2v) is 5.81. The maximum Gasteiger partial charge on any atom is 0.245 e. The molecule has 0 saturated carbocycles. The number of anilines is 1. The van der Waals surface area contributed by atoms with E-state index in [1.165, 1.54) is 0 Å². The first-order valence-corrected chi connectivity index (χ1v) is 6.74. The molecule has 0 bridgehead atoms. The molecule has 1 aromatic heterocycles. The normalized spacial score (nSPS) is 20.9. The smallest absolute Gasteiger partial charge is 0.245 e. The summed E-state index contributed by atoms with van der Waals surface area (Å²) in [6.07, 6.45) is 0. The highest BCUT2D eigenvalue weighted by atomic mass is 16.5. The predicted molar refractivity (Wildman–Crippen MR) is 74.5 cm³/mol. The van der Waals surface area contributed by atoms with Crippen LogP contribution in [0.15, 0.2) is 10.6 Å². The van der Waals surface area contributed by atoms with Crippen LogP contribution in [0.3, 0.4) is 0 Å². The Bertz CT molecular complexity index is 472. The van der Waals surface area contributed by atoms with Gasteiger partial charge in [0.1, 0.15) is 6.04 Å². The number of hydrogen-bond acceptors (Lipinski definition) is 6. The van der Waals surface area contributed by atoms with Gasteiger partial charge in [-0.3, -0.25) is 15.0 Å². The van der Waals surface area contributed by atoms with E-state index in [0.29, 0.717) is 18.1 Å². The number of hydrogen-bond donors (Lipinski definition) is 3. The standard InChI is InChI=1S/C13H22N4O3/c1-13(2,8-18)10-6-11(20-16-10)15-12(19)9-7-14-4-5-17(9)3/h6,9,14,18H,4-5,7-8H2,1-3H3,(H,15,19). The summed E-state index contributed by atoms with van der Waals surface area (Å²) in [7, 11) is 1.92. The SMILES string of the molecule is CN1CCNCC1C(=O)Nc1cc(C(C)(C)CO)no1. The second-order valence-electron chi connectivity index (χ2n) is 5.81. The third-order valence-electron chi connectivity index (χ3n) is 3.66. The van der Waals surface area contributed by atoms with Crippen molar-refractivity contribution in [3.63, 3.8) is 0 Å².